The Hall–Kier alpha value is 0.210. The van der Waals surface area contributed by atoms with Crippen LogP contribution in [0.2, 0.25) is 0 Å². The van der Waals surface area contributed by atoms with E-state index in [1.807, 2.05) is 0 Å². The van der Waals surface area contributed by atoms with Crippen LogP contribution >= 0.6 is 11.6 Å². The Balaban J connectivity index is 2.97. The molecule has 0 bridgehead atoms. The first kappa shape index (κ1) is 13.2. The predicted octanol–water partition coefficient (Wildman–Crippen LogP) is 2.41. The van der Waals surface area contributed by atoms with Gasteiger partial charge in [-0.15, -0.1) is 11.6 Å². The zero-order valence-electron chi connectivity index (χ0n) is 8.81. The minimum absolute atomic E-state index is 0.108. The Morgan fingerprint density at radius 2 is 2.08 bits per heavy atom. The number of halogens is 1. The van der Waals surface area contributed by atoms with Crippen molar-refractivity contribution >= 4 is 11.6 Å². The van der Waals surface area contributed by atoms with Crippen LogP contribution in [0, 0.1) is 0 Å². The summed E-state index contributed by atoms with van der Waals surface area (Å²) in [7, 11) is 1.68. The summed E-state index contributed by atoms with van der Waals surface area (Å²) in [6.45, 7) is 4.78. The van der Waals surface area contributed by atoms with Crippen molar-refractivity contribution in [2.24, 2.45) is 0 Å². The normalized spacial score (nSPS) is 13.2. The van der Waals surface area contributed by atoms with Gasteiger partial charge in [0.15, 0.2) is 0 Å². The van der Waals surface area contributed by atoms with Gasteiger partial charge in [0.05, 0.1) is 12.0 Å². The molecule has 1 N–H and O–H groups in total. The van der Waals surface area contributed by atoms with Crippen LogP contribution in [0.25, 0.3) is 0 Å². The molecule has 0 rings (SSSR count). The highest BCUT2D eigenvalue weighted by Gasteiger charge is 2.01. The molecule has 0 heterocycles. The number of rotatable bonds is 9. The molecule has 0 aliphatic carbocycles. The molecular weight excluding hydrogens is 186 g/mol. The van der Waals surface area contributed by atoms with Gasteiger partial charge in [0.2, 0.25) is 0 Å². The van der Waals surface area contributed by atoms with Crippen molar-refractivity contribution in [3.8, 4) is 0 Å². The molecule has 0 amide bonds. The molecule has 0 saturated carbocycles. The highest BCUT2D eigenvalue weighted by Crippen LogP contribution is 1.98. The highest BCUT2D eigenvalue weighted by atomic mass is 35.5. The summed E-state index contributed by atoms with van der Waals surface area (Å²) < 4.78 is 4.93. The van der Waals surface area contributed by atoms with Gasteiger partial charge < -0.3 is 10.1 Å². The second-order valence-corrected chi connectivity index (χ2v) is 3.93. The van der Waals surface area contributed by atoms with Gasteiger partial charge in [0.25, 0.3) is 0 Å². The average Bonchev–Trinajstić information content (AvgIpc) is 2.11. The largest absolute Gasteiger partial charge is 0.383 e. The van der Waals surface area contributed by atoms with Crippen molar-refractivity contribution in [2.75, 3.05) is 26.8 Å². The van der Waals surface area contributed by atoms with E-state index >= 15 is 0 Å². The Morgan fingerprint density at radius 1 is 1.31 bits per heavy atom. The van der Waals surface area contributed by atoms with Crippen LogP contribution in [-0.4, -0.2) is 32.2 Å². The fraction of sp³-hybridized carbons (Fsp3) is 1.00. The molecule has 0 aromatic rings. The number of alkyl halides is 1. The molecule has 1 atom stereocenters. The zero-order valence-corrected chi connectivity index (χ0v) is 9.57. The molecule has 0 saturated heterocycles. The van der Waals surface area contributed by atoms with Gasteiger partial charge in [-0.1, -0.05) is 26.2 Å². The summed E-state index contributed by atoms with van der Waals surface area (Å²) in [6, 6.07) is 0. The molecule has 3 heteroatoms. The van der Waals surface area contributed by atoms with Crippen LogP contribution in [0.1, 0.15) is 32.6 Å². The lowest BCUT2D eigenvalue weighted by atomic mass is 10.2. The molecule has 0 fully saturated rings. The monoisotopic (exact) mass is 207 g/mol. The molecule has 0 spiro atoms. The molecule has 0 aliphatic heterocycles. The maximum atomic E-state index is 5.93. The molecule has 13 heavy (non-hydrogen) atoms. The fourth-order valence-electron chi connectivity index (χ4n) is 1.18. The van der Waals surface area contributed by atoms with Gasteiger partial charge in [-0.25, -0.2) is 0 Å². The minimum Gasteiger partial charge on any atom is -0.383 e. The van der Waals surface area contributed by atoms with Gasteiger partial charge in [0, 0.05) is 13.7 Å². The molecule has 0 aliphatic rings. The lowest BCUT2D eigenvalue weighted by Crippen LogP contribution is -2.27. The SMILES string of the molecule is CCCCCCNCC(Cl)COC. The van der Waals surface area contributed by atoms with E-state index in [1.165, 1.54) is 25.7 Å². The molecule has 0 aromatic heterocycles. The lowest BCUT2D eigenvalue weighted by molar-refractivity contribution is 0.197. The number of unbranched alkanes of at least 4 members (excludes halogenated alkanes) is 3. The standard InChI is InChI=1S/C10H22ClNO/c1-3-4-5-6-7-12-8-10(11)9-13-2/h10,12H,3-9H2,1-2H3. The van der Waals surface area contributed by atoms with E-state index in [0.29, 0.717) is 6.61 Å². The van der Waals surface area contributed by atoms with Crippen LogP contribution in [0.15, 0.2) is 0 Å². The van der Waals surface area contributed by atoms with Crippen molar-refractivity contribution in [1.29, 1.82) is 0 Å². The number of hydrogen-bond donors (Lipinski definition) is 1. The van der Waals surface area contributed by atoms with Crippen molar-refractivity contribution < 1.29 is 4.74 Å². The van der Waals surface area contributed by atoms with E-state index in [-0.39, 0.29) is 5.38 Å². The number of methoxy groups -OCH3 is 1. The Bertz CT molecular complexity index is 101. The summed E-state index contributed by atoms with van der Waals surface area (Å²) in [4.78, 5) is 0. The maximum Gasteiger partial charge on any atom is 0.0693 e. The predicted molar refractivity (Wildman–Crippen MR) is 58.5 cm³/mol. The smallest absolute Gasteiger partial charge is 0.0693 e. The average molecular weight is 208 g/mol. The summed E-state index contributed by atoms with van der Waals surface area (Å²) >= 11 is 5.93. The van der Waals surface area contributed by atoms with E-state index in [2.05, 4.69) is 12.2 Å². The summed E-state index contributed by atoms with van der Waals surface area (Å²) in [5.74, 6) is 0. The summed E-state index contributed by atoms with van der Waals surface area (Å²) in [6.07, 6.45) is 5.21. The van der Waals surface area contributed by atoms with E-state index in [9.17, 15) is 0 Å². The van der Waals surface area contributed by atoms with Gasteiger partial charge in [0.1, 0.15) is 0 Å². The molecule has 1 unspecified atom stereocenters. The topological polar surface area (TPSA) is 21.3 Å². The third-order valence-electron chi connectivity index (χ3n) is 1.92. The van der Waals surface area contributed by atoms with Crippen LogP contribution in [0.4, 0.5) is 0 Å². The van der Waals surface area contributed by atoms with Crippen molar-refractivity contribution in [3.63, 3.8) is 0 Å². The van der Waals surface area contributed by atoms with Gasteiger partial charge in [-0.2, -0.15) is 0 Å². The molecule has 80 valence electrons. The van der Waals surface area contributed by atoms with E-state index in [0.717, 1.165) is 13.1 Å². The van der Waals surface area contributed by atoms with Crippen LogP contribution in [0.3, 0.4) is 0 Å². The fourth-order valence-corrected chi connectivity index (χ4v) is 1.41. The maximum absolute atomic E-state index is 5.93. The van der Waals surface area contributed by atoms with Crippen LogP contribution in [0.5, 0.6) is 0 Å². The summed E-state index contributed by atoms with van der Waals surface area (Å²) in [5.41, 5.74) is 0. The van der Waals surface area contributed by atoms with Crippen LogP contribution in [-0.2, 0) is 4.74 Å². The molecular formula is C10H22ClNO. The minimum atomic E-state index is 0.108. The Labute approximate surface area is 87.0 Å². The quantitative estimate of drug-likeness (QED) is 0.463. The Morgan fingerprint density at radius 3 is 2.69 bits per heavy atom. The highest BCUT2D eigenvalue weighted by molar-refractivity contribution is 6.20. The zero-order chi connectivity index (χ0) is 9.94. The second kappa shape index (κ2) is 10.3. The first-order valence-electron chi connectivity index (χ1n) is 5.15. The number of hydrogen-bond acceptors (Lipinski definition) is 2. The second-order valence-electron chi connectivity index (χ2n) is 3.32. The third kappa shape index (κ3) is 10.1. The van der Waals surface area contributed by atoms with Crippen molar-refractivity contribution in [2.45, 2.75) is 38.0 Å². The Kier molecular flexibility index (Phi) is 10.5. The molecule has 0 radical (unpaired) electrons. The third-order valence-corrected chi connectivity index (χ3v) is 2.20. The number of ether oxygens (including phenoxy) is 1. The van der Waals surface area contributed by atoms with Gasteiger partial charge in [-0.05, 0) is 13.0 Å². The van der Waals surface area contributed by atoms with Gasteiger partial charge >= 0.3 is 0 Å². The molecule has 2 nitrogen and oxygen atoms in total. The lowest BCUT2D eigenvalue weighted by Gasteiger charge is -2.09. The van der Waals surface area contributed by atoms with Crippen molar-refractivity contribution in [1.82, 2.24) is 5.32 Å². The molecule has 0 aromatic carbocycles. The van der Waals surface area contributed by atoms with Crippen molar-refractivity contribution in [3.05, 3.63) is 0 Å². The van der Waals surface area contributed by atoms with E-state index < -0.39 is 0 Å². The number of nitrogens with one attached hydrogen (secondary N) is 1. The van der Waals surface area contributed by atoms with E-state index in [4.69, 9.17) is 16.3 Å². The van der Waals surface area contributed by atoms with Crippen LogP contribution < -0.4 is 5.32 Å². The summed E-state index contributed by atoms with van der Waals surface area (Å²) in [5, 5.41) is 3.42. The van der Waals surface area contributed by atoms with Gasteiger partial charge in [-0.3, -0.25) is 0 Å². The first-order chi connectivity index (χ1) is 6.31. The van der Waals surface area contributed by atoms with E-state index in [1.54, 1.807) is 7.11 Å². The first-order valence-corrected chi connectivity index (χ1v) is 5.58.